The molecule has 2 aliphatic rings. The lowest BCUT2D eigenvalue weighted by Crippen LogP contribution is -2.43. The number of pyridine rings is 1. The van der Waals surface area contributed by atoms with Gasteiger partial charge >= 0.3 is 0 Å². The van der Waals surface area contributed by atoms with E-state index in [1.807, 2.05) is 23.0 Å². The van der Waals surface area contributed by atoms with E-state index in [0.29, 0.717) is 11.8 Å². The summed E-state index contributed by atoms with van der Waals surface area (Å²) in [6.07, 6.45) is 7.51. The molecule has 0 N–H and O–H groups in total. The maximum absolute atomic E-state index is 5.96. The zero-order chi connectivity index (χ0) is 19.7. The predicted octanol–water partition coefficient (Wildman–Crippen LogP) is 2.75. The second-order valence-electron chi connectivity index (χ2n) is 8.02. The van der Waals surface area contributed by atoms with Crippen LogP contribution in [-0.4, -0.2) is 58.1 Å². The molecule has 29 heavy (non-hydrogen) atoms. The Hall–Kier alpha value is -2.29. The second-order valence-corrected chi connectivity index (χ2v) is 8.02. The molecule has 8 nitrogen and oxygen atoms in total. The Kier molecular flexibility index (Phi) is 5.07. The van der Waals surface area contributed by atoms with E-state index in [9.17, 15) is 0 Å². The molecule has 3 aromatic heterocycles. The van der Waals surface area contributed by atoms with Gasteiger partial charge < -0.3 is 14.0 Å². The van der Waals surface area contributed by atoms with Gasteiger partial charge in [-0.15, -0.1) is 0 Å². The van der Waals surface area contributed by atoms with Crippen LogP contribution in [0.5, 0.6) is 0 Å². The minimum absolute atomic E-state index is 0.325. The van der Waals surface area contributed by atoms with E-state index in [4.69, 9.17) is 19.0 Å². The van der Waals surface area contributed by atoms with Crippen LogP contribution in [0.15, 0.2) is 35.1 Å². The van der Waals surface area contributed by atoms with Gasteiger partial charge in [-0.25, -0.2) is 4.52 Å². The molecule has 0 aromatic carbocycles. The van der Waals surface area contributed by atoms with Gasteiger partial charge in [-0.1, -0.05) is 11.2 Å². The third kappa shape index (κ3) is 3.56. The minimum atomic E-state index is -0.492. The molecule has 0 atom stereocenters. The summed E-state index contributed by atoms with van der Waals surface area (Å²) >= 11 is 0. The summed E-state index contributed by atoms with van der Waals surface area (Å²) < 4.78 is 19.0. The molecule has 2 aliphatic heterocycles. The van der Waals surface area contributed by atoms with Gasteiger partial charge in [0.2, 0.25) is 0 Å². The molecule has 8 heteroatoms. The van der Waals surface area contributed by atoms with Gasteiger partial charge in [0.15, 0.2) is 5.82 Å². The molecule has 0 amide bonds. The molecule has 0 unspecified atom stereocenters. The molecular weight excluding hydrogens is 370 g/mol. The molecule has 3 aromatic rings. The highest BCUT2D eigenvalue weighted by molar-refractivity contribution is 5.53. The zero-order valence-corrected chi connectivity index (χ0v) is 16.8. The van der Waals surface area contributed by atoms with Gasteiger partial charge in [-0.05, 0) is 37.8 Å². The first-order valence-electron chi connectivity index (χ1n) is 10.4. The number of hydrogen-bond donors (Lipinski definition) is 0. The summed E-state index contributed by atoms with van der Waals surface area (Å²) in [5.41, 5.74) is 1.91. The fourth-order valence-corrected chi connectivity index (χ4v) is 4.47. The Morgan fingerprint density at radius 1 is 1.21 bits per heavy atom. The summed E-state index contributed by atoms with van der Waals surface area (Å²) in [6.45, 7) is 4.23. The van der Waals surface area contributed by atoms with Crippen LogP contribution in [0.1, 0.15) is 48.9 Å². The van der Waals surface area contributed by atoms with Crippen LogP contribution in [0.3, 0.4) is 0 Å². The third-order valence-electron chi connectivity index (χ3n) is 6.37. The van der Waals surface area contributed by atoms with E-state index < -0.39 is 5.60 Å². The Labute approximate surface area is 169 Å². The average Bonchev–Trinajstić information content (AvgIpc) is 3.44. The SMILES string of the molecule is COC1(c2nc(C3CCOCC3)no2)CCN(Cc2cnn3ccccc23)CC1. The number of likely N-dealkylation sites (tertiary alicyclic amines) is 1. The van der Waals surface area contributed by atoms with E-state index in [2.05, 4.69) is 27.3 Å². The van der Waals surface area contributed by atoms with Crippen LogP contribution < -0.4 is 0 Å². The summed E-state index contributed by atoms with van der Waals surface area (Å²) in [6, 6.07) is 6.16. The Morgan fingerprint density at radius 2 is 2.03 bits per heavy atom. The maximum atomic E-state index is 5.96. The predicted molar refractivity (Wildman–Crippen MR) is 105 cm³/mol. The van der Waals surface area contributed by atoms with Crippen LogP contribution in [-0.2, 0) is 21.6 Å². The summed E-state index contributed by atoms with van der Waals surface area (Å²) in [5, 5.41) is 8.72. The van der Waals surface area contributed by atoms with Crippen molar-refractivity contribution in [3.63, 3.8) is 0 Å². The van der Waals surface area contributed by atoms with Crippen molar-refractivity contribution in [2.75, 3.05) is 33.4 Å². The van der Waals surface area contributed by atoms with Crippen molar-refractivity contribution >= 4 is 5.52 Å². The number of methoxy groups -OCH3 is 1. The first-order valence-corrected chi connectivity index (χ1v) is 10.4. The molecule has 5 rings (SSSR count). The second kappa shape index (κ2) is 7.85. The highest BCUT2D eigenvalue weighted by atomic mass is 16.5. The first kappa shape index (κ1) is 18.7. The molecule has 0 aliphatic carbocycles. The van der Waals surface area contributed by atoms with Crippen LogP contribution in [0, 0.1) is 0 Å². The molecule has 0 saturated carbocycles. The molecule has 0 bridgehead atoms. The summed E-state index contributed by atoms with van der Waals surface area (Å²) in [4.78, 5) is 7.19. The molecule has 2 fully saturated rings. The molecule has 154 valence electrons. The van der Waals surface area contributed by atoms with Gasteiger partial charge in [0.25, 0.3) is 5.89 Å². The molecular formula is C21H27N5O3. The standard InChI is InChI=1S/C21H27N5O3/c1-27-21(20-23-19(24-29-20)16-5-12-28-13-6-16)7-10-25(11-8-21)15-17-14-22-26-9-3-2-4-18(17)26/h2-4,9,14,16H,5-8,10-13,15H2,1H3. The monoisotopic (exact) mass is 397 g/mol. The van der Waals surface area contributed by atoms with Crippen molar-refractivity contribution in [1.29, 1.82) is 0 Å². The van der Waals surface area contributed by atoms with Crippen LogP contribution in [0.2, 0.25) is 0 Å². The lowest BCUT2D eigenvalue weighted by atomic mass is 9.90. The van der Waals surface area contributed by atoms with Crippen molar-refractivity contribution in [3.8, 4) is 0 Å². The summed E-state index contributed by atoms with van der Waals surface area (Å²) in [7, 11) is 1.75. The largest absolute Gasteiger partial charge is 0.381 e. The number of piperidine rings is 1. The van der Waals surface area contributed by atoms with Crippen molar-refractivity contribution in [2.45, 2.75) is 43.7 Å². The van der Waals surface area contributed by atoms with Gasteiger partial charge in [-0.2, -0.15) is 10.1 Å². The molecule has 0 spiro atoms. The number of ether oxygens (including phenoxy) is 2. The van der Waals surface area contributed by atoms with E-state index in [0.717, 1.165) is 69.9 Å². The Balaban J connectivity index is 1.27. The van der Waals surface area contributed by atoms with Crippen molar-refractivity contribution in [3.05, 3.63) is 47.9 Å². The quantitative estimate of drug-likeness (QED) is 0.655. The highest BCUT2D eigenvalue weighted by Gasteiger charge is 2.42. The van der Waals surface area contributed by atoms with E-state index >= 15 is 0 Å². The van der Waals surface area contributed by atoms with Crippen molar-refractivity contribution < 1.29 is 14.0 Å². The van der Waals surface area contributed by atoms with Crippen LogP contribution in [0.4, 0.5) is 0 Å². The lowest BCUT2D eigenvalue weighted by Gasteiger charge is -2.38. The highest BCUT2D eigenvalue weighted by Crippen LogP contribution is 2.37. The Morgan fingerprint density at radius 3 is 2.83 bits per heavy atom. The number of aromatic nitrogens is 4. The molecule has 0 radical (unpaired) electrons. The number of hydrogen-bond acceptors (Lipinski definition) is 7. The van der Waals surface area contributed by atoms with Crippen LogP contribution in [0.25, 0.3) is 5.52 Å². The van der Waals surface area contributed by atoms with Crippen molar-refractivity contribution in [1.82, 2.24) is 24.7 Å². The topological polar surface area (TPSA) is 77.9 Å². The smallest absolute Gasteiger partial charge is 0.258 e. The van der Waals surface area contributed by atoms with E-state index in [1.54, 1.807) is 7.11 Å². The van der Waals surface area contributed by atoms with Gasteiger partial charge in [-0.3, -0.25) is 4.90 Å². The lowest BCUT2D eigenvalue weighted by molar-refractivity contribution is -0.0838. The van der Waals surface area contributed by atoms with Gasteiger partial charge in [0.1, 0.15) is 5.60 Å². The minimum Gasteiger partial charge on any atom is -0.381 e. The first-order chi connectivity index (χ1) is 14.3. The van der Waals surface area contributed by atoms with E-state index in [-0.39, 0.29) is 0 Å². The number of fused-ring (bicyclic) bond motifs is 1. The van der Waals surface area contributed by atoms with Gasteiger partial charge in [0, 0.05) is 57.6 Å². The molecule has 5 heterocycles. The fourth-order valence-electron chi connectivity index (χ4n) is 4.47. The van der Waals surface area contributed by atoms with E-state index in [1.165, 1.54) is 5.56 Å². The number of nitrogens with zero attached hydrogens (tertiary/aromatic N) is 5. The fraction of sp³-hybridized carbons (Fsp3) is 0.571. The molecule has 2 saturated heterocycles. The third-order valence-corrected chi connectivity index (χ3v) is 6.37. The maximum Gasteiger partial charge on any atom is 0.258 e. The number of rotatable bonds is 5. The summed E-state index contributed by atoms with van der Waals surface area (Å²) in [5.74, 6) is 1.75. The van der Waals surface area contributed by atoms with Crippen molar-refractivity contribution in [2.24, 2.45) is 0 Å². The van der Waals surface area contributed by atoms with Crippen LogP contribution >= 0.6 is 0 Å². The Bertz CT molecular complexity index is 954. The zero-order valence-electron chi connectivity index (χ0n) is 16.8. The van der Waals surface area contributed by atoms with Gasteiger partial charge in [0.05, 0.1) is 11.7 Å². The average molecular weight is 397 g/mol. The normalized spacial score (nSPS) is 21.0.